The molecule has 1 atom stereocenters. The van der Waals surface area contributed by atoms with Crippen molar-refractivity contribution in [3.63, 3.8) is 0 Å². The van der Waals surface area contributed by atoms with Crippen LogP contribution in [0.3, 0.4) is 0 Å². The van der Waals surface area contributed by atoms with E-state index in [0.29, 0.717) is 6.61 Å². The number of carbonyl (C=O) groups excluding carboxylic acids is 1. The van der Waals surface area contributed by atoms with E-state index in [-0.39, 0.29) is 11.9 Å². The van der Waals surface area contributed by atoms with E-state index >= 15 is 0 Å². The maximum atomic E-state index is 11.3. The maximum absolute atomic E-state index is 11.3. The van der Waals surface area contributed by atoms with Gasteiger partial charge in [0.1, 0.15) is 6.10 Å². The summed E-state index contributed by atoms with van der Waals surface area (Å²) in [4.78, 5) is 11.3. The van der Waals surface area contributed by atoms with Crippen LogP contribution in [-0.2, 0) is 16.0 Å². The molecule has 0 N–H and O–H groups in total. The molecule has 0 aromatic heterocycles. The fourth-order valence-electron chi connectivity index (χ4n) is 1.76. The van der Waals surface area contributed by atoms with Gasteiger partial charge in [-0.1, -0.05) is 22.0 Å². The maximum Gasteiger partial charge on any atom is 0.163 e. The Hall–Kier alpha value is -0.670. The summed E-state index contributed by atoms with van der Waals surface area (Å²) in [7, 11) is 0. The molecular formula is C11H11BrO2. The third-order valence-electron chi connectivity index (χ3n) is 2.41. The number of ether oxygens (including phenoxy) is 1. The Bertz CT molecular complexity index is 374. The van der Waals surface area contributed by atoms with Crippen molar-refractivity contribution < 1.29 is 9.53 Å². The van der Waals surface area contributed by atoms with Crippen LogP contribution in [0.1, 0.15) is 24.2 Å². The minimum Gasteiger partial charge on any atom is -0.365 e. The van der Waals surface area contributed by atoms with Crippen LogP contribution in [0.4, 0.5) is 0 Å². The predicted molar refractivity (Wildman–Crippen MR) is 57.2 cm³/mol. The SMILES string of the molecule is CC(=O)C1OCCc2cc(Br)ccc21. The van der Waals surface area contributed by atoms with Gasteiger partial charge in [-0.3, -0.25) is 4.79 Å². The average molecular weight is 255 g/mol. The van der Waals surface area contributed by atoms with Crippen LogP contribution in [-0.4, -0.2) is 12.4 Å². The Morgan fingerprint density at radius 1 is 1.57 bits per heavy atom. The number of fused-ring (bicyclic) bond motifs is 1. The minimum atomic E-state index is -0.355. The molecule has 0 saturated carbocycles. The van der Waals surface area contributed by atoms with Gasteiger partial charge in [0.15, 0.2) is 5.78 Å². The van der Waals surface area contributed by atoms with Crippen molar-refractivity contribution in [3.8, 4) is 0 Å². The largest absolute Gasteiger partial charge is 0.365 e. The number of hydrogen-bond acceptors (Lipinski definition) is 2. The summed E-state index contributed by atoms with van der Waals surface area (Å²) in [5.41, 5.74) is 2.23. The molecule has 0 radical (unpaired) electrons. The quantitative estimate of drug-likeness (QED) is 0.771. The van der Waals surface area contributed by atoms with Crippen molar-refractivity contribution in [2.24, 2.45) is 0 Å². The average Bonchev–Trinajstić information content (AvgIpc) is 2.16. The van der Waals surface area contributed by atoms with Gasteiger partial charge < -0.3 is 4.74 Å². The van der Waals surface area contributed by atoms with Crippen molar-refractivity contribution in [3.05, 3.63) is 33.8 Å². The molecule has 1 heterocycles. The van der Waals surface area contributed by atoms with Gasteiger partial charge in [0.25, 0.3) is 0 Å². The van der Waals surface area contributed by atoms with Crippen molar-refractivity contribution in [1.82, 2.24) is 0 Å². The summed E-state index contributed by atoms with van der Waals surface area (Å²) in [6, 6.07) is 5.97. The smallest absolute Gasteiger partial charge is 0.163 e. The van der Waals surface area contributed by atoms with E-state index in [1.807, 2.05) is 12.1 Å². The van der Waals surface area contributed by atoms with Crippen LogP contribution in [0.25, 0.3) is 0 Å². The molecule has 0 amide bonds. The normalized spacial score (nSPS) is 20.3. The standard InChI is InChI=1S/C11H11BrO2/c1-7(13)11-10-3-2-9(12)6-8(10)4-5-14-11/h2-3,6,11H,4-5H2,1H3. The van der Waals surface area contributed by atoms with Crippen LogP contribution in [0.15, 0.2) is 22.7 Å². The lowest BCUT2D eigenvalue weighted by Crippen LogP contribution is -2.21. The lowest BCUT2D eigenvalue weighted by molar-refractivity contribution is -0.129. The van der Waals surface area contributed by atoms with Gasteiger partial charge in [-0.15, -0.1) is 0 Å². The van der Waals surface area contributed by atoms with Crippen LogP contribution in [0.5, 0.6) is 0 Å². The Morgan fingerprint density at radius 3 is 3.07 bits per heavy atom. The first kappa shape index (κ1) is 9.87. The first-order valence-electron chi connectivity index (χ1n) is 4.59. The number of ketones is 1. The van der Waals surface area contributed by atoms with E-state index < -0.39 is 0 Å². The molecule has 1 aliphatic rings. The molecule has 2 rings (SSSR count). The van der Waals surface area contributed by atoms with Gasteiger partial charge in [-0.2, -0.15) is 0 Å². The van der Waals surface area contributed by atoms with Crippen molar-refractivity contribution in [2.75, 3.05) is 6.61 Å². The molecule has 2 nitrogen and oxygen atoms in total. The van der Waals surface area contributed by atoms with Gasteiger partial charge in [0.05, 0.1) is 6.61 Å². The first-order chi connectivity index (χ1) is 6.68. The molecule has 0 aliphatic carbocycles. The van der Waals surface area contributed by atoms with Gasteiger partial charge in [-0.25, -0.2) is 0 Å². The summed E-state index contributed by atoms with van der Waals surface area (Å²) in [6.45, 7) is 2.20. The highest BCUT2D eigenvalue weighted by molar-refractivity contribution is 9.10. The Kier molecular flexibility index (Phi) is 2.70. The number of rotatable bonds is 1. The highest BCUT2D eigenvalue weighted by atomic mass is 79.9. The third-order valence-corrected chi connectivity index (χ3v) is 2.91. The monoisotopic (exact) mass is 254 g/mol. The molecule has 1 aromatic rings. The van der Waals surface area contributed by atoms with Crippen molar-refractivity contribution in [2.45, 2.75) is 19.4 Å². The molecule has 3 heteroatoms. The number of carbonyl (C=O) groups is 1. The number of hydrogen-bond donors (Lipinski definition) is 0. The zero-order chi connectivity index (χ0) is 10.1. The van der Waals surface area contributed by atoms with Gasteiger partial charge >= 0.3 is 0 Å². The Balaban J connectivity index is 2.44. The zero-order valence-corrected chi connectivity index (χ0v) is 9.50. The van der Waals surface area contributed by atoms with Crippen LogP contribution >= 0.6 is 15.9 Å². The Labute approximate surface area is 91.4 Å². The number of Topliss-reactive ketones (excluding diaryl/α,β-unsaturated/α-hetero) is 1. The first-order valence-corrected chi connectivity index (χ1v) is 5.38. The molecule has 0 saturated heterocycles. The van der Waals surface area contributed by atoms with Crippen molar-refractivity contribution in [1.29, 1.82) is 0 Å². The van der Waals surface area contributed by atoms with E-state index in [4.69, 9.17) is 4.74 Å². The molecule has 1 aromatic carbocycles. The predicted octanol–water partition coefficient (Wildman–Crippen LogP) is 2.65. The molecule has 0 spiro atoms. The third kappa shape index (κ3) is 1.74. The topological polar surface area (TPSA) is 26.3 Å². The van der Waals surface area contributed by atoms with Gasteiger partial charge in [-0.05, 0) is 36.6 Å². The minimum absolute atomic E-state index is 0.0771. The van der Waals surface area contributed by atoms with E-state index in [2.05, 4.69) is 22.0 Å². The highest BCUT2D eigenvalue weighted by Gasteiger charge is 2.24. The second-order valence-corrected chi connectivity index (χ2v) is 4.37. The fourth-order valence-corrected chi connectivity index (χ4v) is 2.17. The summed E-state index contributed by atoms with van der Waals surface area (Å²) >= 11 is 3.42. The lowest BCUT2D eigenvalue weighted by atomic mass is 9.96. The zero-order valence-electron chi connectivity index (χ0n) is 7.92. The summed E-state index contributed by atoms with van der Waals surface area (Å²) in [5, 5.41) is 0. The summed E-state index contributed by atoms with van der Waals surface area (Å²) < 4.78 is 6.50. The van der Waals surface area contributed by atoms with Crippen LogP contribution < -0.4 is 0 Å². The molecule has 1 aliphatic heterocycles. The number of halogens is 1. The molecular weight excluding hydrogens is 244 g/mol. The lowest BCUT2D eigenvalue weighted by Gasteiger charge is -2.24. The van der Waals surface area contributed by atoms with Gasteiger partial charge in [0.2, 0.25) is 0 Å². The van der Waals surface area contributed by atoms with E-state index in [1.165, 1.54) is 5.56 Å². The molecule has 74 valence electrons. The van der Waals surface area contributed by atoms with Gasteiger partial charge in [0, 0.05) is 4.47 Å². The number of benzene rings is 1. The van der Waals surface area contributed by atoms with Crippen molar-refractivity contribution >= 4 is 21.7 Å². The highest BCUT2D eigenvalue weighted by Crippen LogP contribution is 2.29. The molecule has 0 bridgehead atoms. The fraction of sp³-hybridized carbons (Fsp3) is 0.364. The van der Waals surface area contributed by atoms with E-state index in [1.54, 1.807) is 6.92 Å². The van der Waals surface area contributed by atoms with E-state index in [9.17, 15) is 4.79 Å². The second-order valence-electron chi connectivity index (χ2n) is 3.45. The molecule has 1 unspecified atom stereocenters. The van der Waals surface area contributed by atoms with Crippen LogP contribution in [0, 0.1) is 0 Å². The second kappa shape index (κ2) is 3.83. The van der Waals surface area contributed by atoms with E-state index in [0.717, 1.165) is 16.5 Å². The molecule has 14 heavy (non-hydrogen) atoms. The van der Waals surface area contributed by atoms with Crippen LogP contribution in [0.2, 0.25) is 0 Å². The molecule has 0 fully saturated rings. The summed E-state index contributed by atoms with van der Waals surface area (Å²) in [5.74, 6) is 0.0771. The summed E-state index contributed by atoms with van der Waals surface area (Å²) in [6.07, 6.45) is 0.533. The Morgan fingerprint density at radius 2 is 2.36 bits per heavy atom.